The van der Waals surface area contributed by atoms with Gasteiger partial charge in [0.2, 0.25) is 0 Å². The summed E-state index contributed by atoms with van der Waals surface area (Å²) in [6, 6.07) is 0. The second-order valence-corrected chi connectivity index (χ2v) is 3.89. The summed E-state index contributed by atoms with van der Waals surface area (Å²) in [6.07, 6.45) is 5.34. The Kier molecular flexibility index (Phi) is 2.15. The number of rotatable bonds is 3. The molecule has 76 valence electrons. The summed E-state index contributed by atoms with van der Waals surface area (Å²) < 4.78 is 0. The molecule has 0 spiro atoms. The highest BCUT2D eigenvalue weighted by Gasteiger charge is 2.30. The topological polar surface area (TPSA) is 81.2 Å². The molecule has 0 heterocycles. The molecule has 0 radical (unpaired) electrons. The van der Waals surface area contributed by atoms with E-state index in [1.54, 1.807) is 0 Å². The van der Waals surface area contributed by atoms with E-state index in [-0.39, 0.29) is 5.82 Å². The van der Waals surface area contributed by atoms with Crippen LogP contribution >= 0.6 is 0 Å². The molecule has 2 aliphatic rings. The van der Waals surface area contributed by atoms with Gasteiger partial charge in [0, 0.05) is 5.70 Å². The Bertz CT molecular complexity index is 333. The second-order valence-electron chi connectivity index (χ2n) is 3.89. The largest absolute Gasteiger partial charge is 0.380 e. The fourth-order valence-electron chi connectivity index (χ4n) is 2.27. The highest BCUT2D eigenvalue weighted by atomic mass is 16.6. The molecular weight excluding hydrogens is 182 g/mol. The van der Waals surface area contributed by atoms with E-state index in [9.17, 15) is 10.1 Å². The first-order valence-corrected chi connectivity index (χ1v) is 4.74. The zero-order valence-corrected chi connectivity index (χ0v) is 7.82. The third kappa shape index (κ3) is 1.71. The highest BCUT2D eigenvalue weighted by Crippen LogP contribution is 2.42. The van der Waals surface area contributed by atoms with Crippen LogP contribution in [0.3, 0.4) is 0 Å². The lowest BCUT2D eigenvalue weighted by Crippen LogP contribution is -2.21. The summed E-state index contributed by atoms with van der Waals surface area (Å²) in [5.41, 5.74) is 7.97. The van der Waals surface area contributed by atoms with Crippen LogP contribution in [-0.4, -0.2) is 4.92 Å². The molecule has 0 aromatic carbocycles. The number of nitrogens with two attached hydrogens (primary N) is 1. The van der Waals surface area contributed by atoms with E-state index in [2.05, 4.69) is 5.32 Å². The van der Waals surface area contributed by atoms with E-state index in [1.165, 1.54) is 12.0 Å². The Morgan fingerprint density at radius 1 is 1.64 bits per heavy atom. The van der Waals surface area contributed by atoms with Gasteiger partial charge in [-0.25, -0.2) is 0 Å². The summed E-state index contributed by atoms with van der Waals surface area (Å²) in [6.45, 7) is 0. The van der Waals surface area contributed by atoms with Gasteiger partial charge < -0.3 is 11.1 Å². The molecule has 2 aliphatic carbocycles. The predicted octanol–water partition coefficient (Wildman–Crippen LogP) is 1.07. The summed E-state index contributed by atoms with van der Waals surface area (Å²) in [4.78, 5) is 9.60. The number of nitrogens with zero attached hydrogens (tertiary/aromatic N) is 1. The smallest absolute Gasteiger partial charge is 0.274 e. The number of nitro groups is 1. The van der Waals surface area contributed by atoms with Gasteiger partial charge in [-0.15, -0.1) is 0 Å². The summed E-state index contributed by atoms with van der Waals surface area (Å²) >= 11 is 0. The summed E-state index contributed by atoms with van der Waals surface area (Å²) in [5, 5.41) is 13.1. The third-order valence-corrected chi connectivity index (χ3v) is 2.85. The third-order valence-electron chi connectivity index (χ3n) is 2.85. The SMILES string of the molecule is N/C(=C\[N+](=O)[O-])NC1=C2CCC(C2)C1. The maximum atomic E-state index is 10.1. The van der Waals surface area contributed by atoms with E-state index >= 15 is 0 Å². The van der Waals surface area contributed by atoms with Gasteiger partial charge >= 0.3 is 0 Å². The van der Waals surface area contributed by atoms with Gasteiger partial charge in [-0.05, 0) is 31.6 Å². The minimum Gasteiger partial charge on any atom is -0.380 e. The van der Waals surface area contributed by atoms with Gasteiger partial charge in [0.1, 0.15) is 0 Å². The van der Waals surface area contributed by atoms with Crippen LogP contribution in [0.2, 0.25) is 0 Å². The monoisotopic (exact) mass is 195 g/mol. The van der Waals surface area contributed by atoms with E-state index < -0.39 is 4.92 Å². The first kappa shape index (κ1) is 9.05. The van der Waals surface area contributed by atoms with Crippen molar-refractivity contribution in [3.05, 3.63) is 33.4 Å². The van der Waals surface area contributed by atoms with E-state index in [1.807, 2.05) is 0 Å². The van der Waals surface area contributed by atoms with Crippen LogP contribution in [-0.2, 0) is 0 Å². The molecule has 1 saturated carbocycles. The van der Waals surface area contributed by atoms with Crippen molar-refractivity contribution in [1.29, 1.82) is 0 Å². The van der Waals surface area contributed by atoms with Crippen LogP contribution in [0.25, 0.3) is 0 Å². The van der Waals surface area contributed by atoms with Crippen LogP contribution in [0, 0.1) is 16.0 Å². The normalized spacial score (nSPS) is 25.7. The van der Waals surface area contributed by atoms with Crippen LogP contribution in [0.15, 0.2) is 23.3 Å². The zero-order chi connectivity index (χ0) is 10.1. The molecule has 0 aliphatic heterocycles. The lowest BCUT2D eigenvalue weighted by Gasteiger charge is -2.13. The molecule has 5 nitrogen and oxygen atoms in total. The van der Waals surface area contributed by atoms with Crippen molar-refractivity contribution >= 4 is 0 Å². The number of fused-ring (bicyclic) bond motifs is 2. The molecule has 3 N–H and O–H groups in total. The minimum absolute atomic E-state index is 0.130. The molecule has 1 unspecified atom stereocenters. The number of allylic oxidation sites excluding steroid dienone is 2. The first-order chi connectivity index (χ1) is 6.65. The fourth-order valence-corrected chi connectivity index (χ4v) is 2.27. The molecule has 2 bridgehead atoms. The van der Waals surface area contributed by atoms with E-state index in [0.29, 0.717) is 0 Å². The van der Waals surface area contributed by atoms with Gasteiger partial charge in [0.25, 0.3) is 6.20 Å². The Morgan fingerprint density at radius 3 is 2.93 bits per heavy atom. The molecule has 0 amide bonds. The van der Waals surface area contributed by atoms with Crippen molar-refractivity contribution in [3.8, 4) is 0 Å². The number of nitrogens with one attached hydrogen (secondary N) is 1. The van der Waals surface area contributed by atoms with Gasteiger partial charge in [-0.1, -0.05) is 5.57 Å². The molecule has 14 heavy (non-hydrogen) atoms. The maximum Gasteiger partial charge on any atom is 0.274 e. The first-order valence-electron chi connectivity index (χ1n) is 4.74. The van der Waals surface area contributed by atoms with E-state index in [0.717, 1.165) is 37.1 Å². The van der Waals surface area contributed by atoms with Gasteiger partial charge in [-0.2, -0.15) is 0 Å². The molecule has 1 fully saturated rings. The second kappa shape index (κ2) is 3.32. The molecule has 0 aromatic rings. The van der Waals surface area contributed by atoms with Crippen molar-refractivity contribution in [2.24, 2.45) is 11.7 Å². The lowest BCUT2D eigenvalue weighted by atomic mass is 10.0. The maximum absolute atomic E-state index is 10.1. The van der Waals surface area contributed by atoms with Crippen LogP contribution < -0.4 is 11.1 Å². The van der Waals surface area contributed by atoms with Gasteiger partial charge in [0.05, 0.1) is 4.92 Å². The Hall–Kier alpha value is -1.52. The molecule has 0 aromatic heterocycles. The molecule has 1 atom stereocenters. The van der Waals surface area contributed by atoms with Crippen LogP contribution in [0.5, 0.6) is 0 Å². The van der Waals surface area contributed by atoms with Crippen molar-refractivity contribution in [1.82, 2.24) is 5.32 Å². The number of hydrogen-bond donors (Lipinski definition) is 2. The van der Waals surface area contributed by atoms with Crippen LogP contribution in [0.1, 0.15) is 25.7 Å². The lowest BCUT2D eigenvalue weighted by molar-refractivity contribution is -0.403. The van der Waals surface area contributed by atoms with E-state index in [4.69, 9.17) is 5.73 Å². The Balaban J connectivity index is 2.02. The van der Waals surface area contributed by atoms with Crippen molar-refractivity contribution in [2.75, 3.05) is 0 Å². The van der Waals surface area contributed by atoms with Gasteiger partial charge in [0.15, 0.2) is 5.82 Å². The molecule has 2 rings (SSSR count). The molecule has 0 saturated heterocycles. The minimum atomic E-state index is -0.541. The zero-order valence-electron chi connectivity index (χ0n) is 7.82. The summed E-state index contributed by atoms with van der Waals surface area (Å²) in [5.74, 6) is 0.876. The Labute approximate surface area is 81.8 Å². The van der Waals surface area contributed by atoms with Crippen molar-refractivity contribution in [3.63, 3.8) is 0 Å². The average molecular weight is 195 g/mol. The van der Waals surface area contributed by atoms with Crippen LogP contribution in [0.4, 0.5) is 0 Å². The molecular formula is C9H13N3O2. The molecule has 5 heteroatoms. The fraction of sp³-hybridized carbons (Fsp3) is 0.556. The van der Waals surface area contributed by atoms with Crippen molar-refractivity contribution < 1.29 is 4.92 Å². The van der Waals surface area contributed by atoms with Gasteiger partial charge in [-0.3, -0.25) is 10.1 Å². The number of hydrogen-bond acceptors (Lipinski definition) is 4. The summed E-state index contributed by atoms with van der Waals surface area (Å²) in [7, 11) is 0. The highest BCUT2D eigenvalue weighted by molar-refractivity contribution is 5.26. The van der Waals surface area contributed by atoms with Crippen molar-refractivity contribution in [2.45, 2.75) is 25.7 Å². The standard InChI is InChI=1S/C9H13N3O2/c10-9(5-12(13)14)11-8-4-6-1-2-7(8)3-6/h5-6,11H,1-4,10H2/b9-5+. The Morgan fingerprint density at radius 2 is 2.43 bits per heavy atom. The average Bonchev–Trinajstić information content (AvgIpc) is 2.62. The quantitative estimate of drug-likeness (QED) is 0.521. The predicted molar refractivity (Wildman–Crippen MR) is 51.4 cm³/mol.